The number of amides is 1. The number of methoxy groups -OCH3 is 1. The Kier molecular flexibility index (Phi) is 4.95. The highest BCUT2D eigenvalue weighted by Crippen LogP contribution is 2.32. The molecule has 2 aromatic carbocycles. The number of hydrogen-bond donors (Lipinski definition) is 1. The second kappa shape index (κ2) is 6.92. The number of nitro benzene ring substituents is 2. The lowest BCUT2D eigenvalue weighted by atomic mass is 10.1. The minimum atomic E-state index is -0.702. The summed E-state index contributed by atoms with van der Waals surface area (Å²) < 4.78 is 4.95. The first-order valence-electron chi connectivity index (χ1n) is 6.42. The molecule has 0 saturated heterocycles. The molecule has 0 radical (unpaired) electrons. The third-order valence-electron chi connectivity index (χ3n) is 3.05. The quantitative estimate of drug-likeness (QED) is 0.650. The molecule has 1 amide bonds. The molecule has 1 N–H and O–H groups in total. The molecule has 0 fully saturated rings. The van der Waals surface area contributed by atoms with Crippen molar-refractivity contribution >= 4 is 34.6 Å². The van der Waals surface area contributed by atoms with Crippen LogP contribution in [-0.2, 0) is 0 Å². The van der Waals surface area contributed by atoms with Crippen molar-refractivity contribution in [2.45, 2.75) is 0 Å². The fourth-order valence-corrected chi connectivity index (χ4v) is 2.19. The Morgan fingerprint density at radius 2 is 1.88 bits per heavy atom. The number of nitrogens with zero attached hydrogens (tertiary/aromatic N) is 2. The first-order valence-corrected chi connectivity index (χ1v) is 6.79. The molecule has 0 aromatic heterocycles. The summed E-state index contributed by atoms with van der Waals surface area (Å²) >= 11 is 5.90. The minimum absolute atomic E-state index is 0.0399. The van der Waals surface area contributed by atoms with Gasteiger partial charge in [-0.15, -0.1) is 0 Å². The summed E-state index contributed by atoms with van der Waals surface area (Å²) in [4.78, 5) is 32.7. The smallest absolute Gasteiger partial charge is 0.311 e. The molecule has 124 valence electrons. The van der Waals surface area contributed by atoms with Crippen molar-refractivity contribution in [1.82, 2.24) is 0 Å². The summed E-state index contributed by atoms with van der Waals surface area (Å²) in [6, 6.07) is 7.41. The first-order chi connectivity index (χ1) is 11.3. The van der Waals surface area contributed by atoms with Gasteiger partial charge in [0, 0.05) is 18.2 Å². The summed E-state index contributed by atoms with van der Waals surface area (Å²) in [7, 11) is 1.21. The highest BCUT2D eigenvalue weighted by atomic mass is 35.5. The number of anilines is 1. The van der Waals surface area contributed by atoms with Crippen molar-refractivity contribution in [3.63, 3.8) is 0 Å². The fraction of sp³-hybridized carbons (Fsp3) is 0.0714. The fourth-order valence-electron chi connectivity index (χ4n) is 1.97. The van der Waals surface area contributed by atoms with Gasteiger partial charge in [0.25, 0.3) is 11.6 Å². The zero-order chi connectivity index (χ0) is 17.9. The predicted molar refractivity (Wildman–Crippen MR) is 85.7 cm³/mol. The van der Waals surface area contributed by atoms with Gasteiger partial charge in [-0.25, -0.2) is 0 Å². The SMILES string of the molecule is COc1c(C(=O)Nc2ccc([N+](=O)[O-])cc2Cl)cccc1[N+](=O)[O-]. The summed E-state index contributed by atoms with van der Waals surface area (Å²) in [6.07, 6.45) is 0. The second-order valence-electron chi connectivity index (χ2n) is 4.49. The topological polar surface area (TPSA) is 125 Å². The van der Waals surface area contributed by atoms with E-state index in [1.165, 1.54) is 37.4 Å². The van der Waals surface area contributed by atoms with Gasteiger partial charge < -0.3 is 10.1 Å². The monoisotopic (exact) mass is 351 g/mol. The lowest BCUT2D eigenvalue weighted by molar-refractivity contribution is -0.385. The Morgan fingerprint density at radius 1 is 1.17 bits per heavy atom. The third kappa shape index (κ3) is 3.41. The average Bonchev–Trinajstić information content (AvgIpc) is 2.55. The van der Waals surface area contributed by atoms with Crippen LogP contribution in [0.25, 0.3) is 0 Å². The molecular formula is C14H10ClN3O6. The van der Waals surface area contributed by atoms with Crippen LogP contribution in [0.15, 0.2) is 36.4 Å². The van der Waals surface area contributed by atoms with Crippen molar-refractivity contribution in [2.75, 3.05) is 12.4 Å². The molecule has 24 heavy (non-hydrogen) atoms. The van der Waals surface area contributed by atoms with Crippen molar-refractivity contribution in [2.24, 2.45) is 0 Å². The number of carbonyl (C=O) groups is 1. The van der Waals surface area contributed by atoms with Gasteiger partial charge in [0.05, 0.1) is 33.2 Å². The maximum Gasteiger partial charge on any atom is 0.311 e. The van der Waals surface area contributed by atoms with Crippen LogP contribution < -0.4 is 10.1 Å². The Labute approximate surface area is 140 Å². The van der Waals surface area contributed by atoms with Crippen LogP contribution in [0.4, 0.5) is 17.1 Å². The third-order valence-corrected chi connectivity index (χ3v) is 3.36. The standard InChI is InChI=1S/C14H10ClN3O6/c1-24-13-9(3-2-4-12(13)18(22)23)14(19)16-11-6-5-8(17(20)21)7-10(11)15/h2-7H,1H3,(H,16,19). The van der Waals surface area contributed by atoms with E-state index in [2.05, 4.69) is 5.32 Å². The van der Waals surface area contributed by atoms with E-state index in [9.17, 15) is 25.0 Å². The van der Waals surface area contributed by atoms with Gasteiger partial charge in [0.1, 0.15) is 0 Å². The highest BCUT2D eigenvalue weighted by Gasteiger charge is 2.23. The molecule has 0 bridgehead atoms. The van der Waals surface area contributed by atoms with Gasteiger partial charge in [0.15, 0.2) is 0 Å². The molecule has 0 spiro atoms. The van der Waals surface area contributed by atoms with E-state index in [4.69, 9.17) is 16.3 Å². The summed E-state index contributed by atoms with van der Waals surface area (Å²) in [5.41, 5.74) is -0.534. The van der Waals surface area contributed by atoms with Crippen LogP contribution in [0.1, 0.15) is 10.4 Å². The lowest BCUT2D eigenvalue weighted by Crippen LogP contribution is -2.14. The van der Waals surface area contributed by atoms with Gasteiger partial charge >= 0.3 is 5.69 Å². The predicted octanol–water partition coefficient (Wildman–Crippen LogP) is 3.42. The van der Waals surface area contributed by atoms with E-state index in [-0.39, 0.29) is 33.4 Å². The van der Waals surface area contributed by atoms with Crippen LogP contribution in [0.5, 0.6) is 5.75 Å². The number of hydrogen-bond acceptors (Lipinski definition) is 6. The van der Waals surface area contributed by atoms with E-state index in [1.807, 2.05) is 0 Å². The number of carbonyl (C=O) groups excluding carboxylic acids is 1. The van der Waals surface area contributed by atoms with Gasteiger partial charge in [-0.2, -0.15) is 0 Å². The average molecular weight is 352 g/mol. The summed E-state index contributed by atoms with van der Waals surface area (Å²) in [5, 5.41) is 24.0. The van der Waals surface area contributed by atoms with Crippen molar-refractivity contribution in [3.8, 4) is 5.75 Å². The summed E-state index contributed by atoms with van der Waals surface area (Å²) in [6.45, 7) is 0. The molecule has 2 rings (SSSR count). The zero-order valence-corrected chi connectivity index (χ0v) is 12.9. The van der Waals surface area contributed by atoms with Gasteiger partial charge in [-0.1, -0.05) is 17.7 Å². The number of rotatable bonds is 5. The lowest BCUT2D eigenvalue weighted by Gasteiger charge is -2.10. The van der Waals surface area contributed by atoms with Crippen LogP contribution in [0.2, 0.25) is 5.02 Å². The molecule has 0 heterocycles. The Morgan fingerprint density at radius 3 is 2.42 bits per heavy atom. The molecule has 0 aliphatic rings. The molecule has 0 atom stereocenters. The second-order valence-corrected chi connectivity index (χ2v) is 4.90. The maximum atomic E-state index is 12.3. The summed E-state index contributed by atoms with van der Waals surface area (Å²) in [5.74, 6) is -0.899. The van der Waals surface area contributed by atoms with Gasteiger partial charge in [-0.05, 0) is 12.1 Å². The zero-order valence-electron chi connectivity index (χ0n) is 12.2. The van der Waals surface area contributed by atoms with E-state index in [0.717, 1.165) is 6.07 Å². The molecule has 9 nitrogen and oxygen atoms in total. The number of nitrogens with one attached hydrogen (secondary N) is 1. The minimum Gasteiger partial charge on any atom is -0.490 e. The van der Waals surface area contributed by atoms with Crippen molar-refractivity contribution in [1.29, 1.82) is 0 Å². The molecule has 10 heteroatoms. The Balaban J connectivity index is 2.36. The molecule has 0 saturated carbocycles. The van der Waals surface area contributed by atoms with E-state index >= 15 is 0 Å². The van der Waals surface area contributed by atoms with Crippen LogP contribution in [0, 0.1) is 20.2 Å². The van der Waals surface area contributed by atoms with E-state index < -0.39 is 15.8 Å². The van der Waals surface area contributed by atoms with Crippen LogP contribution in [0.3, 0.4) is 0 Å². The highest BCUT2D eigenvalue weighted by molar-refractivity contribution is 6.34. The molecular weight excluding hydrogens is 342 g/mol. The number of ether oxygens (including phenoxy) is 1. The number of para-hydroxylation sites is 1. The first kappa shape index (κ1) is 17.2. The Bertz CT molecular complexity index is 839. The maximum absolute atomic E-state index is 12.3. The molecule has 0 aliphatic carbocycles. The molecule has 2 aromatic rings. The van der Waals surface area contributed by atoms with Crippen LogP contribution in [-0.4, -0.2) is 22.9 Å². The number of halogens is 1. The van der Waals surface area contributed by atoms with Crippen molar-refractivity contribution < 1.29 is 19.4 Å². The largest absolute Gasteiger partial charge is 0.490 e. The van der Waals surface area contributed by atoms with E-state index in [1.54, 1.807) is 0 Å². The number of non-ortho nitro benzene ring substituents is 1. The number of benzene rings is 2. The van der Waals surface area contributed by atoms with Gasteiger partial charge in [-0.3, -0.25) is 25.0 Å². The Hall–Kier alpha value is -3.20. The molecule has 0 aliphatic heterocycles. The van der Waals surface area contributed by atoms with Crippen molar-refractivity contribution in [3.05, 3.63) is 67.2 Å². The normalized spacial score (nSPS) is 10.1. The number of nitro groups is 2. The van der Waals surface area contributed by atoms with E-state index in [0.29, 0.717) is 0 Å². The van der Waals surface area contributed by atoms with Gasteiger partial charge in [0.2, 0.25) is 5.75 Å². The van der Waals surface area contributed by atoms with Crippen LogP contribution >= 0.6 is 11.6 Å². The molecule has 0 unspecified atom stereocenters.